The number of hydrogen-bond acceptors (Lipinski definition) is 4. The van der Waals surface area contributed by atoms with Crippen LogP contribution in [0.25, 0.3) is 6.08 Å². The van der Waals surface area contributed by atoms with E-state index in [9.17, 15) is 4.79 Å². The minimum atomic E-state index is -0.0246. The second-order valence-corrected chi connectivity index (χ2v) is 5.37. The number of pyridine rings is 2. The molecule has 3 heterocycles. The minimum Gasteiger partial charge on any atom is -0.305 e. The number of rotatable bonds is 2. The number of fused-ring (bicyclic) bond motifs is 1. The summed E-state index contributed by atoms with van der Waals surface area (Å²) in [6, 6.07) is 7.55. The van der Waals surface area contributed by atoms with Crippen LogP contribution in [0.1, 0.15) is 5.56 Å². The highest BCUT2D eigenvalue weighted by molar-refractivity contribution is 7.99. The van der Waals surface area contributed by atoms with Crippen molar-refractivity contribution in [2.75, 3.05) is 17.2 Å². The lowest BCUT2D eigenvalue weighted by Crippen LogP contribution is -2.34. The Labute approximate surface area is 121 Å². The van der Waals surface area contributed by atoms with Gasteiger partial charge in [-0.15, -0.1) is 11.8 Å². The highest BCUT2D eigenvalue weighted by atomic mass is 32.2. The summed E-state index contributed by atoms with van der Waals surface area (Å²) in [4.78, 5) is 22.4. The van der Waals surface area contributed by atoms with E-state index in [1.54, 1.807) is 47.4 Å². The third-order valence-electron chi connectivity index (χ3n) is 2.96. The van der Waals surface area contributed by atoms with E-state index in [4.69, 9.17) is 0 Å². The van der Waals surface area contributed by atoms with Crippen molar-refractivity contribution >= 4 is 29.4 Å². The number of thioether (sulfide) groups is 1. The maximum absolute atomic E-state index is 12.3. The van der Waals surface area contributed by atoms with Gasteiger partial charge in [-0.3, -0.25) is 9.78 Å². The Morgan fingerprint density at radius 2 is 2.20 bits per heavy atom. The van der Waals surface area contributed by atoms with E-state index in [1.165, 1.54) is 0 Å². The number of nitrogens with zero attached hydrogens (tertiary/aromatic N) is 3. The van der Waals surface area contributed by atoms with Crippen LogP contribution in [-0.2, 0) is 4.79 Å². The number of aromatic nitrogens is 2. The van der Waals surface area contributed by atoms with Gasteiger partial charge < -0.3 is 4.90 Å². The Hall–Kier alpha value is -2.14. The van der Waals surface area contributed by atoms with E-state index < -0.39 is 0 Å². The molecule has 1 aliphatic heterocycles. The number of hydrogen-bond donors (Lipinski definition) is 0. The lowest BCUT2D eigenvalue weighted by molar-refractivity contribution is -0.114. The molecule has 2 aromatic heterocycles. The van der Waals surface area contributed by atoms with Gasteiger partial charge in [0.2, 0.25) is 0 Å². The average molecular weight is 283 g/mol. The molecule has 0 radical (unpaired) electrons. The quantitative estimate of drug-likeness (QED) is 0.795. The van der Waals surface area contributed by atoms with E-state index in [1.807, 2.05) is 24.3 Å². The molecule has 3 rings (SSSR count). The van der Waals surface area contributed by atoms with Crippen LogP contribution in [-0.4, -0.2) is 28.2 Å². The summed E-state index contributed by atoms with van der Waals surface area (Å²) in [5.41, 5.74) is 1.81. The summed E-state index contributed by atoms with van der Waals surface area (Å²) in [5.74, 6) is 0.847. The van der Waals surface area contributed by atoms with Crippen LogP contribution in [0.4, 0.5) is 5.69 Å². The van der Waals surface area contributed by atoms with Crippen molar-refractivity contribution in [3.05, 3.63) is 54.5 Å². The summed E-state index contributed by atoms with van der Waals surface area (Å²) < 4.78 is 0. The fraction of sp³-hybridized carbons (Fsp3) is 0.133. The monoisotopic (exact) mass is 283 g/mol. The molecule has 0 saturated carbocycles. The van der Waals surface area contributed by atoms with Gasteiger partial charge in [0.05, 0.1) is 5.69 Å². The molecule has 4 nitrogen and oxygen atoms in total. The standard InChI is InChI=1S/C15H13N3OS/c19-14(6-5-12-3-1-7-16-11-12)18-9-10-20-15-13(18)4-2-8-17-15/h1-8,11H,9-10H2/b6-5+. The number of carbonyl (C=O) groups is 1. The van der Waals surface area contributed by atoms with E-state index in [0.717, 1.165) is 22.0 Å². The van der Waals surface area contributed by atoms with E-state index in [-0.39, 0.29) is 5.91 Å². The third-order valence-corrected chi connectivity index (χ3v) is 3.94. The van der Waals surface area contributed by atoms with Gasteiger partial charge in [0.25, 0.3) is 5.91 Å². The highest BCUT2D eigenvalue weighted by Crippen LogP contribution is 2.32. The Morgan fingerprint density at radius 1 is 1.30 bits per heavy atom. The molecule has 1 aliphatic rings. The molecule has 0 saturated heterocycles. The van der Waals surface area contributed by atoms with Crippen molar-refractivity contribution in [3.8, 4) is 0 Å². The lowest BCUT2D eigenvalue weighted by Gasteiger charge is -2.27. The Balaban J connectivity index is 1.80. The third kappa shape index (κ3) is 2.72. The second kappa shape index (κ2) is 5.88. The number of carbonyl (C=O) groups excluding carboxylic acids is 1. The molecule has 0 spiro atoms. The van der Waals surface area contributed by atoms with Gasteiger partial charge in [-0.25, -0.2) is 4.98 Å². The van der Waals surface area contributed by atoms with Crippen molar-refractivity contribution in [3.63, 3.8) is 0 Å². The smallest absolute Gasteiger partial charge is 0.251 e. The zero-order valence-corrected chi connectivity index (χ0v) is 11.6. The zero-order chi connectivity index (χ0) is 13.8. The molecule has 0 bridgehead atoms. The van der Waals surface area contributed by atoms with Gasteiger partial charge in [0, 0.05) is 37.0 Å². The van der Waals surface area contributed by atoms with Crippen LogP contribution in [0.5, 0.6) is 0 Å². The first-order chi connectivity index (χ1) is 9.84. The second-order valence-electron chi connectivity index (χ2n) is 4.29. The lowest BCUT2D eigenvalue weighted by atomic mass is 10.2. The molecule has 0 unspecified atom stereocenters. The largest absolute Gasteiger partial charge is 0.305 e. The maximum Gasteiger partial charge on any atom is 0.251 e. The predicted octanol–water partition coefficient (Wildman–Crippen LogP) is 2.63. The minimum absolute atomic E-state index is 0.0246. The van der Waals surface area contributed by atoms with E-state index in [2.05, 4.69) is 9.97 Å². The van der Waals surface area contributed by atoms with Crippen molar-refractivity contribution in [2.45, 2.75) is 5.03 Å². The molecule has 100 valence electrons. The van der Waals surface area contributed by atoms with Gasteiger partial charge in [-0.2, -0.15) is 0 Å². The van der Waals surface area contributed by atoms with E-state index >= 15 is 0 Å². The van der Waals surface area contributed by atoms with Gasteiger partial charge >= 0.3 is 0 Å². The Bertz CT molecular complexity index is 643. The van der Waals surface area contributed by atoms with Crippen LogP contribution in [0.3, 0.4) is 0 Å². The predicted molar refractivity (Wildman–Crippen MR) is 80.6 cm³/mol. The summed E-state index contributed by atoms with van der Waals surface area (Å²) in [6.07, 6.45) is 8.57. The molecule has 0 aliphatic carbocycles. The summed E-state index contributed by atoms with van der Waals surface area (Å²) in [6.45, 7) is 0.708. The summed E-state index contributed by atoms with van der Waals surface area (Å²) in [7, 11) is 0. The van der Waals surface area contributed by atoms with Crippen LogP contribution in [0.2, 0.25) is 0 Å². The molecule has 0 aromatic carbocycles. The van der Waals surface area contributed by atoms with Crippen molar-refractivity contribution < 1.29 is 4.79 Å². The molecular weight excluding hydrogens is 270 g/mol. The average Bonchev–Trinajstić information content (AvgIpc) is 2.53. The van der Waals surface area contributed by atoms with Crippen molar-refractivity contribution in [1.82, 2.24) is 9.97 Å². The molecule has 0 N–H and O–H groups in total. The SMILES string of the molecule is O=C(/C=C/c1cccnc1)N1CCSc2ncccc21. The Morgan fingerprint density at radius 3 is 3.05 bits per heavy atom. The molecule has 0 fully saturated rings. The van der Waals surface area contributed by atoms with Crippen molar-refractivity contribution in [1.29, 1.82) is 0 Å². The van der Waals surface area contributed by atoms with E-state index in [0.29, 0.717) is 6.54 Å². The first-order valence-corrected chi connectivity index (χ1v) is 7.30. The molecular formula is C15H13N3OS. The van der Waals surface area contributed by atoms with Crippen LogP contribution in [0, 0.1) is 0 Å². The van der Waals surface area contributed by atoms with Crippen LogP contribution in [0.15, 0.2) is 54.0 Å². The van der Waals surface area contributed by atoms with Gasteiger partial charge in [0.15, 0.2) is 0 Å². The fourth-order valence-electron chi connectivity index (χ4n) is 2.01. The maximum atomic E-state index is 12.3. The molecule has 1 amide bonds. The molecule has 0 atom stereocenters. The molecule has 2 aromatic rings. The Kier molecular flexibility index (Phi) is 3.78. The van der Waals surface area contributed by atoms with Crippen molar-refractivity contribution in [2.24, 2.45) is 0 Å². The molecule has 5 heteroatoms. The van der Waals surface area contributed by atoms with Crippen LogP contribution >= 0.6 is 11.8 Å². The fourth-order valence-corrected chi connectivity index (χ4v) is 2.94. The van der Waals surface area contributed by atoms with Gasteiger partial charge in [-0.05, 0) is 29.8 Å². The summed E-state index contributed by atoms with van der Waals surface area (Å²) in [5, 5.41) is 0.918. The normalized spacial score (nSPS) is 14.3. The summed E-state index contributed by atoms with van der Waals surface area (Å²) >= 11 is 1.69. The number of anilines is 1. The first-order valence-electron chi connectivity index (χ1n) is 6.32. The highest BCUT2D eigenvalue weighted by Gasteiger charge is 2.21. The number of amides is 1. The van der Waals surface area contributed by atoms with Gasteiger partial charge in [0.1, 0.15) is 5.03 Å². The topological polar surface area (TPSA) is 46.1 Å². The van der Waals surface area contributed by atoms with Gasteiger partial charge in [-0.1, -0.05) is 6.07 Å². The first kappa shape index (κ1) is 12.9. The molecule has 20 heavy (non-hydrogen) atoms. The van der Waals surface area contributed by atoms with Crippen LogP contribution < -0.4 is 4.90 Å². The zero-order valence-electron chi connectivity index (χ0n) is 10.8.